The van der Waals surface area contributed by atoms with E-state index in [-0.39, 0.29) is 38.6 Å². The van der Waals surface area contributed by atoms with E-state index in [9.17, 15) is 31.5 Å². The summed E-state index contributed by atoms with van der Waals surface area (Å²) >= 11 is 0. The molecule has 0 saturated heterocycles. The molecule has 0 bridgehead atoms. The lowest BCUT2D eigenvalue weighted by atomic mass is 9.95. The van der Waals surface area contributed by atoms with Crippen molar-refractivity contribution in [3.63, 3.8) is 0 Å². The Morgan fingerprint density at radius 1 is 0.973 bits per heavy atom. The highest BCUT2D eigenvalue weighted by molar-refractivity contribution is 7.89. The number of halogens is 3. The zero-order valence-corrected chi connectivity index (χ0v) is 21.4. The summed E-state index contributed by atoms with van der Waals surface area (Å²) < 4.78 is 73.6. The van der Waals surface area contributed by atoms with Crippen molar-refractivity contribution in [1.82, 2.24) is 4.72 Å². The van der Waals surface area contributed by atoms with Gasteiger partial charge in [0.2, 0.25) is 10.0 Å². The third kappa shape index (κ3) is 6.68. The summed E-state index contributed by atoms with van der Waals surface area (Å²) in [5, 5.41) is 12.4. The van der Waals surface area contributed by atoms with Gasteiger partial charge in [0.05, 0.1) is 19.3 Å². The van der Waals surface area contributed by atoms with Crippen LogP contribution >= 0.6 is 0 Å². The zero-order chi connectivity index (χ0) is 27.6. The Morgan fingerprint density at radius 3 is 2.24 bits per heavy atom. The topological polar surface area (TPSA) is 105 Å². The number of rotatable bonds is 7. The number of sulfonamides is 1. The molecule has 7 nitrogen and oxygen atoms in total. The first-order valence-electron chi connectivity index (χ1n) is 11.1. The number of hydrogen-bond donors (Lipinski definition) is 3. The average Bonchev–Trinajstić information content (AvgIpc) is 2.81. The van der Waals surface area contributed by atoms with Crippen LogP contribution in [-0.2, 0) is 22.8 Å². The normalized spacial score (nSPS) is 12.3. The van der Waals surface area contributed by atoms with Gasteiger partial charge in [-0.15, -0.1) is 0 Å². The van der Waals surface area contributed by atoms with Crippen molar-refractivity contribution < 1.29 is 36.2 Å². The molecule has 0 fully saturated rings. The Kier molecular flexibility index (Phi) is 8.01. The number of alkyl halides is 3. The van der Waals surface area contributed by atoms with Crippen LogP contribution in [0, 0.1) is 0 Å². The molecular formula is C26H27F3N2O5S. The molecule has 0 spiro atoms. The molecule has 0 atom stereocenters. The second-order valence-corrected chi connectivity index (χ2v) is 10.9. The van der Waals surface area contributed by atoms with Crippen molar-refractivity contribution in [2.24, 2.45) is 0 Å². The molecule has 0 unspecified atom stereocenters. The summed E-state index contributed by atoms with van der Waals surface area (Å²) in [5.41, 5.74) is -1.00. The zero-order valence-electron chi connectivity index (χ0n) is 20.6. The number of carbonyl (C=O) groups excluding carboxylic acids is 1. The Labute approximate surface area is 213 Å². The van der Waals surface area contributed by atoms with E-state index in [1.807, 2.05) is 0 Å². The molecule has 3 N–H and O–H groups in total. The van der Waals surface area contributed by atoms with E-state index in [1.54, 1.807) is 20.8 Å². The molecule has 0 aliphatic heterocycles. The molecular weight excluding hydrogens is 509 g/mol. The molecule has 198 valence electrons. The van der Waals surface area contributed by atoms with Gasteiger partial charge < -0.3 is 15.2 Å². The molecule has 0 saturated carbocycles. The number of hydrogen-bond acceptors (Lipinski definition) is 5. The monoisotopic (exact) mass is 536 g/mol. The van der Waals surface area contributed by atoms with E-state index in [1.165, 1.54) is 61.7 Å². The van der Waals surface area contributed by atoms with Crippen LogP contribution in [0.3, 0.4) is 0 Å². The molecule has 0 heterocycles. The minimum Gasteiger partial charge on any atom is -0.495 e. The van der Waals surface area contributed by atoms with Gasteiger partial charge >= 0.3 is 6.18 Å². The highest BCUT2D eigenvalue weighted by atomic mass is 32.2. The molecule has 37 heavy (non-hydrogen) atoms. The molecule has 11 heteroatoms. The van der Waals surface area contributed by atoms with Crippen molar-refractivity contribution in [3.8, 4) is 16.9 Å². The predicted molar refractivity (Wildman–Crippen MR) is 134 cm³/mol. The van der Waals surface area contributed by atoms with Crippen LogP contribution in [0.25, 0.3) is 11.1 Å². The summed E-state index contributed by atoms with van der Waals surface area (Å²) in [6.07, 6.45) is -4.59. The van der Waals surface area contributed by atoms with Crippen LogP contribution in [-0.4, -0.2) is 32.1 Å². The summed E-state index contributed by atoms with van der Waals surface area (Å²) in [6.45, 7) is 4.50. The standard InChI is InChI=1S/C26H27F3N2O5S/c1-25(2,3)31-37(34,35)23-12-9-16(14-22(23)36-4)24(33)30-18-10-11-19(17(13-18)15-32)20-7-5-6-8-21(20)26(27,28)29/h5-14,31-32H,15H2,1-4H3,(H,30,33). The van der Waals surface area contributed by atoms with Gasteiger partial charge in [0.15, 0.2) is 0 Å². The average molecular weight is 537 g/mol. The molecule has 3 aromatic carbocycles. The van der Waals surface area contributed by atoms with Gasteiger partial charge in [-0.05, 0) is 73.9 Å². The Bertz CT molecular complexity index is 1410. The number of aliphatic hydroxyl groups excluding tert-OH is 1. The summed E-state index contributed by atoms with van der Waals surface area (Å²) in [4.78, 5) is 12.7. The van der Waals surface area contributed by atoms with Gasteiger partial charge in [-0.1, -0.05) is 24.3 Å². The van der Waals surface area contributed by atoms with Gasteiger partial charge in [0.1, 0.15) is 10.6 Å². The first-order chi connectivity index (χ1) is 17.2. The molecule has 0 aliphatic carbocycles. The second-order valence-electron chi connectivity index (χ2n) is 9.25. The largest absolute Gasteiger partial charge is 0.495 e. The SMILES string of the molecule is COc1cc(C(=O)Nc2ccc(-c3ccccc3C(F)(F)F)c(CO)c2)ccc1S(=O)(=O)NC(C)(C)C. The number of aliphatic hydroxyl groups is 1. The maximum atomic E-state index is 13.5. The minimum absolute atomic E-state index is 0.0421. The highest BCUT2D eigenvalue weighted by Crippen LogP contribution is 2.38. The number of amides is 1. The number of nitrogens with one attached hydrogen (secondary N) is 2. The smallest absolute Gasteiger partial charge is 0.417 e. The maximum absolute atomic E-state index is 13.5. The highest BCUT2D eigenvalue weighted by Gasteiger charge is 2.33. The lowest BCUT2D eigenvalue weighted by Gasteiger charge is -2.21. The number of ether oxygens (including phenoxy) is 1. The quantitative estimate of drug-likeness (QED) is 0.385. The van der Waals surface area contributed by atoms with Gasteiger partial charge in [-0.3, -0.25) is 4.79 Å². The third-order valence-corrected chi connectivity index (χ3v) is 7.01. The van der Waals surface area contributed by atoms with Crippen LogP contribution in [0.2, 0.25) is 0 Å². The molecule has 3 aromatic rings. The van der Waals surface area contributed by atoms with E-state index in [4.69, 9.17) is 4.74 Å². The maximum Gasteiger partial charge on any atom is 0.417 e. The van der Waals surface area contributed by atoms with E-state index in [2.05, 4.69) is 10.0 Å². The lowest BCUT2D eigenvalue weighted by molar-refractivity contribution is -0.137. The fraction of sp³-hybridized carbons (Fsp3) is 0.269. The Hall–Kier alpha value is -3.41. The van der Waals surface area contributed by atoms with Crippen LogP contribution in [0.5, 0.6) is 5.75 Å². The third-order valence-electron chi connectivity index (χ3n) is 5.21. The van der Waals surface area contributed by atoms with Crippen molar-refractivity contribution in [3.05, 3.63) is 77.4 Å². The summed E-state index contributed by atoms with van der Waals surface area (Å²) in [7, 11) is -2.65. The van der Waals surface area contributed by atoms with Crippen molar-refractivity contribution in [1.29, 1.82) is 0 Å². The lowest BCUT2D eigenvalue weighted by Crippen LogP contribution is -2.40. The molecule has 1 amide bonds. The van der Waals surface area contributed by atoms with Gasteiger partial charge in [-0.25, -0.2) is 13.1 Å². The summed E-state index contributed by atoms with van der Waals surface area (Å²) in [6, 6.07) is 13.0. The van der Waals surface area contributed by atoms with Gasteiger partial charge in [0, 0.05) is 16.8 Å². The van der Waals surface area contributed by atoms with Crippen LogP contribution in [0.15, 0.2) is 65.6 Å². The molecule has 0 radical (unpaired) electrons. The first-order valence-corrected chi connectivity index (χ1v) is 12.6. The summed E-state index contributed by atoms with van der Waals surface area (Å²) in [5.74, 6) is -0.655. The fourth-order valence-electron chi connectivity index (χ4n) is 3.72. The van der Waals surface area contributed by atoms with E-state index >= 15 is 0 Å². The van der Waals surface area contributed by atoms with Crippen molar-refractivity contribution in [2.45, 2.75) is 44.0 Å². The van der Waals surface area contributed by atoms with E-state index in [0.717, 1.165) is 6.07 Å². The van der Waals surface area contributed by atoms with Gasteiger partial charge in [0.25, 0.3) is 5.91 Å². The van der Waals surface area contributed by atoms with E-state index in [0.29, 0.717) is 0 Å². The first kappa shape index (κ1) is 28.2. The number of carbonyl (C=O) groups is 1. The minimum atomic E-state index is -4.59. The number of anilines is 1. The van der Waals surface area contributed by atoms with Crippen LogP contribution in [0.1, 0.15) is 42.3 Å². The van der Waals surface area contributed by atoms with Crippen molar-refractivity contribution in [2.75, 3.05) is 12.4 Å². The Morgan fingerprint density at radius 2 is 1.65 bits per heavy atom. The van der Waals surface area contributed by atoms with Crippen molar-refractivity contribution >= 4 is 21.6 Å². The molecule has 0 aliphatic rings. The van der Waals surface area contributed by atoms with Crippen LogP contribution in [0.4, 0.5) is 18.9 Å². The molecule has 3 rings (SSSR count). The van der Waals surface area contributed by atoms with Gasteiger partial charge in [-0.2, -0.15) is 13.2 Å². The predicted octanol–water partition coefficient (Wildman–Crippen LogP) is 5.20. The molecule has 0 aromatic heterocycles. The Balaban J connectivity index is 1.91. The fourth-order valence-corrected chi connectivity index (χ4v) is 5.29. The van der Waals surface area contributed by atoms with Crippen LogP contribution < -0.4 is 14.8 Å². The van der Waals surface area contributed by atoms with E-state index < -0.39 is 39.8 Å². The second kappa shape index (κ2) is 10.5. The number of methoxy groups -OCH3 is 1. The number of benzene rings is 3.